The molecule has 0 radical (unpaired) electrons. The van der Waals surface area contributed by atoms with Crippen LogP contribution >= 0.6 is 0 Å². The van der Waals surface area contributed by atoms with Crippen molar-refractivity contribution in [2.75, 3.05) is 18.9 Å². The Morgan fingerprint density at radius 3 is 2.46 bits per heavy atom. The van der Waals surface area contributed by atoms with E-state index in [9.17, 15) is 8.42 Å². The molecule has 3 N–H and O–H groups in total. The Balaban J connectivity index is 3.45. The molecule has 0 aliphatic rings. The van der Waals surface area contributed by atoms with Gasteiger partial charge in [0.1, 0.15) is 0 Å². The van der Waals surface area contributed by atoms with Gasteiger partial charge in [0, 0.05) is 6.04 Å². The molecule has 0 saturated carbocycles. The van der Waals surface area contributed by atoms with E-state index < -0.39 is 10.1 Å². The second kappa shape index (κ2) is 6.31. The largest absolute Gasteiger partial charge is 0.395 e. The molecule has 0 aliphatic heterocycles. The van der Waals surface area contributed by atoms with E-state index in [0.29, 0.717) is 13.0 Å². The predicted molar refractivity (Wildman–Crippen MR) is 50.2 cm³/mol. The first-order chi connectivity index (χ1) is 5.99. The van der Waals surface area contributed by atoms with Gasteiger partial charge in [-0.05, 0) is 19.4 Å². The molecule has 0 spiro atoms. The van der Waals surface area contributed by atoms with Crippen LogP contribution in [0.4, 0.5) is 0 Å². The van der Waals surface area contributed by atoms with Gasteiger partial charge in [-0.2, -0.15) is 8.42 Å². The monoisotopic (exact) mass is 211 g/mol. The SMILES string of the molecule is CCC(CO)NCCCS(=O)(=O)O. The minimum absolute atomic E-state index is 0.0152. The molecule has 0 aromatic heterocycles. The first-order valence-corrected chi connectivity index (χ1v) is 5.90. The Morgan fingerprint density at radius 1 is 1.46 bits per heavy atom. The lowest BCUT2D eigenvalue weighted by molar-refractivity contribution is 0.239. The van der Waals surface area contributed by atoms with Crippen LogP contribution < -0.4 is 5.32 Å². The number of hydrogen-bond acceptors (Lipinski definition) is 4. The van der Waals surface area contributed by atoms with Gasteiger partial charge < -0.3 is 10.4 Å². The number of aliphatic hydroxyl groups excluding tert-OH is 1. The zero-order valence-electron chi connectivity index (χ0n) is 7.73. The maximum Gasteiger partial charge on any atom is 0.264 e. The molecular formula is C7H17NO4S. The number of hydrogen-bond donors (Lipinski definition) is 3. The second-order valence-corrected chi connectivity index (χ2v) is 4.45. The molecule has 80 valence electrons. The molecule has 0 heterocycles. The van der Waals surface area contributed by atoms with Gasteiger partial charge in [0.15, 0.2) is 0 Å². The van der Waals surface area contributed by atoms with Gasteiger partial charge >= 0.3 is 0 Å². The smallest absolute Gasteiger partial charge is 0.264 e. The van der Waals surface area contributed by atoms with Crippen molar-refractivity contribution >= 4 is 10.1 Å². The zero-order chi connectivity index (χ0) is 10.3. The van der Waals surface area contributed by atoms with Crippen molar-refractivity contribution < 1.29 is 18.1 Å². The van der Waals surface area contributed by atoms with Crippen molar-refractivity contribution in [3.05, 3.63) is 0 Å². The number of rotatable bonds is 7. The third-order valence-corrected chi connectivity index (χ3v) is 2.53. The average Bonchev–Trinajstić information content (AvgIpc) is 2.03. The highest BCUT2D eigenvalue weighted by Crippen LogP contribution is 1.91. The first kappa shape index (κ1) is 12.8. The lowest BCUT2D eigenvalue weighted by Crippen LogP contribution is -2.33. The van der Waals surface area contributed by atoms with Crippen LogP contribution in [0, 0.1) is 0 Å². The van der Waals surface area contributed by atoms with Crippen molar-refractivity contribution in [2.45, 2.75) is 25.8 Å². The quantitative estimate of drug-likeness (QED) is 0.395. The van der Waals surface area contributed by atoms with Gasteiger partial charge in [0.05, 0.1) is 12.4 Å². The molecule has 6 heteroatoms. The molecule has 0 fully saturated rings. The van der Waals surface area contributed by atoms with E-state index >= 15 is 0 Å². The normalized spacial score (nSPS) is 14.4. The molecule has 1 unspecified atom stereocenters. The predicted octanol–water partition coefficient (Wildman–Crippen LogP) is -0.375. The van der Waals surface area contributed by atoms with E-state index in [4.69, 9.17) is 9.66 Å². The zero-order valence-corrected chi connectivity index (χ0v) is 8.55. The van der Waals surface area contributed by atoms with Crippen LogP contribution in [0.5, 0.6) is 0 Å². The Bertz CT molecular complexity index is 211. The molecule has 0 aromatic rings. The molecular weight excluding hydrogens is 194 g/mol. The Kier molecular flexibility index (Phi) is 6.23. The van der Waals surface area contributed by atoms with Gasteiger partial charge in [0.25, 0.3) is 10.1 Å². The third-order valence-electron chi connectivity index (χ3n) is 1.73. The van der Waals surface area contributed by atoms with Gasteiger partial charge in [-0.25, -0.2) is 0 Å². The van der Waals surface area contributed by atoms with E-state index in [1.54, 1.807) is 0 Å². The minimum atomic E-state index is -3.84. The standard InChI is InChI=1S/C7H17NO4S/c1-2-7(6-9)8-4-3-5-13(10,11)12/h7-9H,2-6H2,1H3,(H,10,11,12). The van der Waals surface area contributed by atoms with Crippen LogP contribution in [0.1, 0.15) is 19.8 Å². The van der Waals surface area contributed by atoms with Crippen LogP contribution in [-0.2, 0) is 10.1 Å². The molecule has 1 atom stereocenters. The maximum atomic E-state index is 10.3. The summed E-state index contributed by atoms with van der Waals surface area (Å²) in [5.41, 5.74) is 0. The maximum absolute atomic E-state index is 10.3. The summed E-state index contributed by atoms with van der Waals surface area (Å²) in [6.45, 7) is 2.46. The Hall–Kier alpha value is -0.170. The highest BCUT2D eigenvalue weighted by Gasteiger charge is 2.05. The Morgan fingerprint density at radius 2 is 2.08 bits per heavy atom. The van der Waals surface area contributed by atoms with Crippen molar-refractivity contribution in [3.8, 4) is 0 Å². The molecule has 13 heavy (non-hydrogen) atoms. The molecule has 0 aromatic carbocycles. The number of nitrogens with one attached hydrogen (secondary N) is 1. The molecule has 0 bridgehead atoms. The molecule has 0 amide bonds. The summed E-state index contributed by atoms with van der Waals surface area (Å²) in [6.07, 6.45) is 1.15. The Labute approximate surface area is 78.9 Å². The van der Waals surface area contributed by atoms with Gasteiger partial charge in [0.2, 0.25) is 0 Å². The van der Waals surface area contributed by atoms with Gasteiger partial charge in [-0.1, -0.05) is 6.92 Å². The second-order valence-electron chi connectivity index (χ2n) is 2.88. The van der Waals surface area contributed by atoms with Gasteiger partial charge in [-0.15, -0.1) is 0 Å². The fraction of sp³-hybridized carbons (Fsp3) is 1.00. The number of aliphatic hydroxyl groups is 1. The van der Waals surface area contributed by atoms with Crippen LogP contribution in [0.15, 0.2) is 0 Å². The van der Waals surface area contributed by atoms with Crippen molar-refractivity contribution in [1.82, 2.24) is 5.32 Å². The third kappa shape index (κ3) is 8.17. The summed E-state index contributed by atoms with van der Waals surface area (Å²) in [4.78, 5) is 0. The van der Waals surface area contributed by atoms with Gasteiger partial charge in [-0.3, -0.25) is 4.55 Å². The highest BCUT2D eigenvalue weighted by atomic mass is 32.2. The summed E-state index contributed by atoms with van der Waals surface area (Å²) in [7, 11) is -3.84. The topological polar surface area (TPSA) is 86.6 Å². The van der Waals surface area contributed by atoms with Crippen molar-refractivity contribution in [2.24, 2.45) is 0 Å². The van der Waals surface area contributed by atoms with E-state index in [0.717, 1.165) is 6.42 Å². The summed E-state index contributed by atoms with van der Waals surface area (Å²) < 4.78 is 29.0. The first-order valence-electron chi connectivity index (χ1n) is 4.29. The molecule has 0 aliphatic carbocycles. The van der Waals surface area contributed by atoms with E-state index in [2.05, 4.69) is 5.32 Å². The van der Waals surface area contributed by atoms with Crippen LogP contribution in [0.2, 0.25) is 0 Å². The van der Waals surface area contributed by atoms with E-state index in [1.807, 2.05) is 6.92 Å². The van der Waals surface area contributed by atoms with Crippen LogP contribution in [-0.4, -0.2) is 43.0 Å². The van der Waals surface area contributed by atoms with Crippen molar-refractivity contribution in [1.29, 1.82) is 0 Å². The van der Waals surface area contributed by atoms with Crippen molar-refractivity contribution in [3.63, 3.8) is 0 Å². The van der Waals surface area contributed by atoms with Crippen LogP contribution in [0.3, 0.4) is 0 Å². The highest BCUT2D eigenvalue weighted by molar-refractivity contribution is 7.85. The summed E-state index contributed by atoms with van der Waals surface area (Å²) in [6, 6.07) is 0.0152. The summed E-state index contributed by atoms with van der Waals surface area (Å²) in [5, 5.41) is 11.7. The fourth-order valence-electron chi connectivity index (χ4n) is 0.899. The minimum Gasteiger partial charge on any atom is -0.395 e. The lowest BCUT2D eigenvalue weighted by Gasteiger charge is -2.12. The average molecular weight is 211 g/mol. The molecule has 5 nitrogen and oxygen atoms in total. The lowest BCUT2D eigenvalue weighted by atomic mass is 10.2. The van der Waals surface area contributed by atoms with E-state index in [-0.39, 0.29) is 18.4 Å². The summed E-state index contributed by atoms with van der Waals surface area (Å²) in [5.74, 6) is -0.234. The summed E-state index contributed by atoms with van der Waals surface area (Å²) >= 11 is 0. The molecule has 0 rings (SSSR count). The van der Waals surface area contributed by atoms with Crippen LogP contribution in [0.25, 0.3) is 0 Å². The molecule has 0 saturated heterocycles. The van der Waals surface area contributed by atoms with E-state index in [1.165, 1.54) is 0 Å². The fourth-order valence-corrected chi connectivity index (χ4v) is 1.41.